The largest absolute Gasteiger partial charge is 0.350 e. The van der Waals surface area contributed by atoms with E-state index in [4.69, 9.17) is 0 Å². The normalized spacial score (nSPS) is 17.6. The summed E-state index contributed by atoms with van der Waals surface area (Å²) in [6.07, 6.45) is 3.58. The van der Waals surface area contributed by atoms with E-state index in [1.54, 1.807) is 18.2 Å². The van der Waals surface area contributed by atoms with E-state index in [1.807, 2.05) is 48.2 Å². The number of aliphatic imine (C=N–C) groups is 1. The lowest BCUT2D eigenvalue weighted by atomic mass is 9.90. The molecular formula is C28H32N4O2S. The van der Waals surface area contributed by atoms with Gasteiger partial charge in [0.05, 0.1) is 27.2 Å². The number of aryl methyl sites for hydroxylation is 1. The number of aromatic nitrogens is 1. The topological polar surface area (TPSA) is 74.7 Å². The van der Waals surface area contributed by atoms with Crippen LogP contribution in [0.3, 0.4) is 0 Å². The van der Waals surface area contributed by atoms with E-state index in [2.05, 4.69) is 35.5 Å². The number of benzene rings is 2. The van der Waals surface area contributed by atoms with E-state index < -0.39 is 0 Å². The van der Waals surface area contributed by atoms with Gasteiger partial charge >= 0.3 is 0 Å². The van der Waals surface area contributed by atoms with Crippen molar-refractivity contribution < 1.29 is 11.0 Å². The number of likely N-dealkylation sites (tertiary alicyclic amines) is 1. The molecule has 3 aromatic rings. The Balaban J connectivity index is 0.00000361. The summed E-state index contributed by atoms with van der Waals surface area (Å²) in [5.41, 5.74) is 3.18. The van der Waals surface area contributed by atoms with Gasteiger partial charge in [-0.15, -0.1) is 11.3 Å². The first kappa shape index (κ1) is 24.5. The molecule has 2 amide bonds. The van der Waals surface area contributed by atoms with Crippen LogP contribution in [-0.2, 0) is 0 Å². The SMILES string of the molecule is C=Cc1cccc(C(=O)NC[C@@H]2C(C)CCCN2C(=O)c2nc(C)sc2-c2ccccc2)c1N=C.[HH]. The first-order chi connectivity index (χ1) is 16.9. The number of thiazole rings is 1. The minimum Gasteiger partial charge on any atom is -0.350 e. The smallest absolute Gasteiger partial charge is 0.274 e. The Hall–Kier alpha value is -3.58. The molecule has 1 N–H and O–H groups in total. The van der Waals surface area contributed by atoms with E-state index in [0.29, 0.717) is 30.0 Å². The number of para-hydroxylation sites is 1. The number of carbonyl (C=O) groups is 2. The third kappa shape index (κ3) is 5.10. The molecule has 7 heteroatoms. The summed E-state index contributed by atoms with van der Waals surface area (Å²) in [6, 6.07) is 15.1. The lowest BCUT2D eigenvalue weighted by molar-refractivity contribution is 0.0503. The van der Waals surface area contributed by atoms with Crippen LogP contribution in [0.5, 0.6) is 0 Å². The molecule has 0 spiro atoms. The maximum absolute atomic E-state index is 13.8. The van der Waals surface area contributed by atoms with Crippen molar-refractivity contribution in [2.45, 2.75) is 32.7 Å². The molecule has 4 rings (SSSR count). The maximum atomic E-state index is 13.8. The van der Waals surface area contributed by atoms with Crippen LogP contribution < -0.4 is 5.32 Å². The molecular weight excluding hydrogens is 456 g/mol. The van der Waals surface area contributed by atoms with E-state index in [9.17, 15) is 9.59 Å². The van der Waals surface area contributed by atoms with Crippen LogP contribution in [0.15, 0.2) is 60.1 Å². The van der Waals surface area contributed by atoms with Crippen molar-refractivity contribution in [3.63, 3.8) is 0 Å². The first-order valence-corrected chi connectivity index (χ1v) is 12.6. The fourth-order valence-corrected chi connectivity index (χ4v) is 5.60. The summed E-state index contributed by atoms with van der Waals surface area (Å²) in [5.74, 6) is -0.0822. The average Bonchev–Trinajstić information content (AvgIpc) is 3.28. The zero-order valence-electron chi connectivity index (χ0n) is 20.2. The van der Waals surface area contributed by atoms with Crippen LogP contribution in [0.2, 0.25) is 0 Å². The second-order valence-corrected chi connectivity index (χ2v) is 9.98. The average molecular weight is 489 g/mol. The van der Waals surface area contributed by atoms with Gasteiger partial charge in [-0.3, -0.25) is 14.6 Å². The van der Waals surface area contributed by atoms with Crippen molar-refractivity contribution in [3.05, 3.63) is 76.9 Å². The van der Waals surface area contributed by atoms with Gasteiger partial charge in [-0.05, 0) is 44.0 Å². The van der Waals surface area contributed by atoms with Gasteiger partial charge < -0.3 is 10.2 Å². The number of piperidine rings is 1. The number of rotatable bonds is 7. The minimum absolute atomic E-state index is 0. The van der Waals surface area contributed by atoms with Crippen LogP contribution in [-0.4, -0.2) is 47.5 Å². The number of carbonyl (C=O) groups excluding carboxylic acids is 2. The molecule has 1 unspecified atom stereocenters. The third-order valence-electron chi connectivity index (χ3n) is 6.51. The van der Waals surface area contributed by atoms with E-state index >= 15 is 0 Å². The fourth-order valence-electron chi connectivity index (χ4n) is 4.68. The van der Waals surface area contributed by atoms with Gasteiger partial charge in [0.2, 0.25) is 0 Å². The van der Waals surface area contributed by atoms with Gasteiger partial charge in [0, 0.05) is 20.1 Å². The van der Waals surface area contributed by atoms with Crippen LogP contribution in [0.1, 0.15) is 52.6 Å². The number of hydrogen-bond donors (Lipinski definition) is 1. The Morgan fingerprint density at radius 2 is 2.03 bits per heavy atom. The summed E-state index contributed by atoms with van der Waals surface area (Å²) < 4.78 is 0. The first-order valence-electron chi connectivity index (χ1n) is 11.8. The second-order valence-electron chi connectivity index (χ2n) is 8.78. The lowest BCUT2D eigenvalue weighted by Gasteiger charge is -2.40. The van der Waals surface area contributed by atoms with Gasteiger partial charge in [0.25, 0.3) is 11.8 Å². The Kier molecular flexibility index (Phi) is 7.56. The van der Waals surface area contributed by atoms with Crippen LogP contribution in [0, 0.1) is 12.8 Å². The van der Waals surface area contributed by atoms with Crippen LogP contribution in [0.25, 0.3) is 16.5 Å². The van der Waals surface area contributed by atoms with Crippen molar-refractivity contribution in [2.75, 3.05) is 13.1 Å². The molecule has 6 nitrogen and oxygen atoms in total. The monoisotopic (exact) mass is 488 g/mol. The molecule has 182 valence electrons. The number of nitrogens with one attached hydrogen (secondary N) is 1. The predicted molar refractivity (Wildman–Crippen MR) is 146 cm³/mol. The highest BCUT2D eigenvalue weighted by atomic mass is 32.1. The number of nitrogens with zero attached hydrogens (tertiary/aromatic N) is 3. The maximum Gasteiger partial charge on any atom is 0.274 e. The highest BCUT2D eigenvalue weighted by Crippen LogP contribution is 2.33. The molecule has 1 aliphatic rings. The highest BCUT2D eigenvalue weighted by Gasteiger charge is 2.35. The van der Waals surface area contributed by atoms with Gasteiger partial charge in [0.1, 0.15) is 5.69 Å². The molecule has 0 radical (unpaired) electrons. The van der Waals surface area contributed by atoms with Crippen molar-refractivity contribution >= 4 is 41.6 Å². The summed E-state index contributed by atoms with van der Waals surface area (Å²) >= 11 is 1.53. The fraction of sp³-hybridized carbons (Fsp3) is 0.286. The molecule has 35 heavy (non-hydrogen) atoms. The minimum atomic E-state index is -0.240. The second kappa shape index (κ2) is 10.8. The summed E-state index contributed by atoms with van der Waals surface area (Å²) in [6.45, 7) is 12.5. The van der Waals surface area contributed by atoms with E-state index in [0.717, 1.165) is 33.9 Å². The molecule has 1 aromatic heterocycles. The summed E-state index contributed by atoms with van der Waals surface area (Å²) in [4.78, 5) is 38.3. The molecule has 0 bridgehead atoms. The van der Waals surface area contributed by atoms with E-state index in [-0.39, 0.29) is 25.2 Å². The Bertz CT molecular complexity index is 1260. The molecule has 0 saturated carbocycles. The molecule has 1 aliphatic heterocycles. The molecule has 2 heterocycles. The Morgan fingerprint density at radius 3 is 2.74 bits per heavy atom. The molecule has 2 aromatic carbocycles. The van der Waals surface area contributed by atoms with Crippen LogP contribution in [0.4, 0.5) is 5.69 Å². The van der Waals surface area contributed by atoms with Crippen LogP contribution >= 0.6 is 11.3 Å². The van der Waals surface area contributed by atoms with E-state index in [1.165, 1.54) is 11.3 Å². The predicted octanol–water partition coefficient (Wildman–Crippen LogP) is 6.01. The van der Waals surface area contributed by atoms with Gasteiger partial charge in [-0.1, -0.05) is 62.0 Å². The Morgan fingerprint density at radius 1 is 1.26 bits per heavy atom. The van der Waals surface area contributed by atoms with Crippen molar-refractivity contribution in [1.29, 1.82) is 0 Å². The quantitative estimate of drug-likeness (QED) is 0.414. The summed E-state index contributed by atoms with van der Waals surface area (Å²) in [7, 11) is 0. The molecule has 2 atom stereocenters. The molecule has 1 saturated heterocycles. The molecule has 0 aliphatic carbocycles. The van der Waals surface area contributed by atoms with Crippen molar-refractivity contribution in [3.8, 4) is 10.4 Å². The lowest BCUT2D eigenvalue weighted by Crippen LogP contribution is -2.53. The van der Waals surface area contributed by atoms with Gasteiger partial charge in [-0.25, -0.2) is 4.98 Å². The van der Waals surface area contributed by atoms with Gasteiger partial charge in [0.15, 0.2) is 0 Å². The number of hydrogen-bond acceptors (Lipinski definition) is 5. The standard InChI is InChI=1S/C28H30N4O2S.H2/c1-5-20-14-9-15-22(24(20)29-4)27(33)30-17-23-18(2)11-10-16-32(23)28(34)25-26(35-19(3)31-25)21-12-7-6-8-13-21;/h5-9,12-15,18,23H,1,4,10-11,16-17H2,2-3H3,(H,30,33);1H/t18?,23-;/m1./s1. The zero-order valence-corrected chi connectivity index (χ0v) is 21.0. The van der Waals surface area contributed by atoms with Gasteiger partial charge in [-0.2, -0.15) is 0 Å². The number of amides is 2. The molecule has 1 fully saturated rings. The zero-order chi connectivity index (χ0) is 24.9. The highest BCUT2D eigenvalue weighted by molar-refractivity contribution is 7.15. The summed E-state index contributed by atoms with van der Waals surface area (Å²) in [5, 5.41) is 3.90. The third-order valence-corrected chi connectivity index (χ3v) is 7.53. The Labute approximate surface area is 211 Å². The van der Waals surface area contributed by atoms with Crippen molar-refractivity contribution in [2.24, 2.45) is 10.9 Å². The van der Waals surface area contributed by atoms with Crippen molar-refractivity contribution in [1.82, 2.24) is 15.2 Å².